The average Bonchev–Trinajstić information content (AvgIpc) is 2.74. The monoisotopic (exact) mass is 325 g/mol. The molecule has 2 N–H and O–H groups in total. The third-order valence-electron chi connectivity index (χ3n) is 3.46. The predicted molar refractivity (Wildman–Crippen MR) is 80.7 cm³/mol. The van der Waals surface area contributed by atoms with Crippen LogP contribution in [-0.4, -0.2) is 42.4 Å². The number of nitrogen functional groups attached to an aromatic ring is 1. The van der Waals surface area contributed by atoms with Gasteiger partial charge in [0.15, 0.2) is 0 Å². The van der Waals surface area contributed by atoms with Gasteiger partial charge < -0.3 is 10.6 Å². The number of nitrogens with zero attached hydrogens (tertiary/aromatic N) is 2. The summed E-state index contributed by atoms with van der Waals surface area (Å²) in [6.07, 6.45) is 2.02. The number of likely N-dealkylation sites (N-methyl/N-ethyl adjacent to an activating group) is 1. The smallest absolute Gasteiger partial charge is 0.239 e. The van der Waals surface area contributed by atoms with Gasteiger partial charge in [-0.25, -0.2) is 0 Å². The van der Waals surface area contributed by atoms with Crippen LogP contribution in [0.1, 0.15) is 18.4 Å². The van der Waals surface area contributed by atoms with Gasteiger partial charge >= 0.3 is 0 Å². The molecule has 0 bridgehead atoms. The summed E-state index contributed by atoms with van der Waals surface area (Å²) in [4.78, 5) is 16.0. The van der Waals surface area contributed by atoms with Gasteiger partial charge in [0.1, 0.15) is 0 Å². The largest absolute Gasteiger partial charge is 0.399 e. The van der Waals surface area contributed by atoms with E-state index in [-0.39, 0.29) is 11.9 Å². The van der Waals surface area contributed by atoms with Crippen molar-refractivity contribution in [3.8, 4) is 0 Å². The molecule has 0 aliphatic carbocycles. The van der Waals surface area contributed by atoms with Crippen LogP contribution in [0.4, 0.5) is 5.69 Å². The van der Waals surface area contributed by atoms with Crippen LogP contribution in [0, 0.1) is 0 Å². The van der Waals surface area contributed by atoms with Gasteiger partial charge in [0.25, 0.3) is 0 Å². The van der Waals surface area contributed by atoms with Crippen molar-refractivity contribution in [3.63, 3.8) is 0 Å². The first kappa shape index (κ1) is 14.3. The van der Waals surface area contributed by atoms with Crippen molar-refractivity contribution in [3.05, 3.63) is 28.2 Å². The SMILES string of the molecule is CN(C)C(=O)C1CCCN1Cc1cc(N)cc(Br)c1. The van der Waals surface area contributed by atoms with Gasteiger partial charge in [-0.15, -0.1) is 0 Å². The molecule has 4 nitrogen and oxygen atoms in total. The minimum Gasteiger partial charge on any atom is -0.399 e. The molecule has 1 aromatic rings. The summed E-state index contributed by atoms with van der Waals surface area (Å²) in [5.74, 6) is 0.195. The van der Waals surface area contributed by atoms with Gasteiger partial charge in [-0.2, -0.15) is 0 Å². The molecule has 2 rings (SSSR count). The fourth-order valence-electron chi connectivity index (χ4n) is 2.59. The highest BCUT2D eigenvalue weighted by molar-refractivity contribution is 9.10. The normalized spacial score (nSPS) is 19.6. The summed E-state index contributed by atoms with van der Waals surface area (Å²) in [7, 11) is 3.63. The zero-order valence-corrected chi connectivity index (χ0v) is 13.0. The zero-order chi connectivity index (χ0) is 14.0. The number of likely N-dealkylation sites (tertiary alicyclic amines) is 1. The summed E-state index contributed by atoms with van der Waals surface area (Å²) in [6, 6.07) is 5.93. The van der Waals surface area contributed by atoms with Crippen molar-refractivity contribution in [2.45, 2.75) is 25.4 Å². The number of amides is 1. The second kappa shape index (κ2) is 5.92. The van der Waals surface area contributed by atoms with E-state index in [1.54, 1.807) is 4.90 Å². The summed E-state index contributed by atoms with van der Waals surface area (Å²) >= 11 is 3.46. The van der Waals surface area contributed by atoms with Crippen LogP contribution in [0.15, 0.2) is 22.7 Å². The third-order valence-corrected chi connectivity index (χ3v) is 3.91. The average molecular weight is 326 g/mol. The number of halogens is 1. The molecule has 0 aromatic heterocycles. The first-order valence-electron chi connectivity index (χ1n) is 6.47. The maximum absolute atomic E-state index is 12.1. The summed E-state index contributed by atoms with van der Waals surface area (Å²) in [5.41, 5.74) is 7.75. The van der Waals surface area contributed by atoms with Gasteiger partial charge in [0.2, 0.25) is 5.91 Å². The molecule has 1 aromatic carbocycles. The topological polar surface area (TPSA) is 49.6 Å². The van der Waals surface area contributed by atoms with Gasteiger partial charge in [-0.3, -0.25) is 9.69 Å². The molecule has 0 saturated carbocycles. The highest BCUT2D eigenvalue weighted by Gasteiger charge is 2.31. The van der Waals surface area contributed by atoms with Crippen molar-refractivity contribution in [1.29, 1.82) is 0 Å². The number of benzene rings is 1. The van der Waals surface area contributed by atoms with Crippen LogP contribution in [-0.2, 0) is 11.3 Å². The molecule has 1 aliphatic rings. The molecule has 1 atom stereocenters. The number of rotatable bonds is 3. The molecule has 19 heavy (non-hydrogen) atoms. The van der Waals surface area contributed by atoms with E-state index in [4.69, 9.17) is 5.73 Å². The lowest BCUT2D eigenvalue weighted by atomic mass is 10.1. The van der Waals surface area contributed by atoms with Gasteiger partial charge in [-0.1, -0.05) is 15.9 Å². The van der Waals surface area contributed by atoms with E-state index in [0.29, 0.717) is 0 Å². The van der Waals surface area contributed by atoms with Crippen LogP contribution in [0.25, 0.3) is 0 Å². The highest BCUT2D eigenvalue weighted by atomic mass is 79.9. The Morgan fingerprint density at radius 1 is 1.47 bits per heavy atom. The Morgan fingerprint density at radius 3 is 2.84 bits per heavy atom. The molecular weight excluding hydrogens is 306 g/mol. The molecule has 0 radical (unpaired) electrons. The number of carbonyl (C=O) groups excluding carboxylic acids is 1. The number of carbonyl (C=O) groups is 1. The van der Waals surface area contributed by atoms with E-state index < -0.39 is 0 Å². The van der Waals surface area contributed by atoms with E-state index in [1.807, 2.05) is 26.2 Å². The number of hydrogen-bond acceptors (Lipinski definition) is 3. The van der Waals surface area contributed by atoms with Crippen molar-refractivity contribution >= 4 is 27.5 Å². The molecular formula is C14H20BrN3O. The number of nitrogens with two attached hydrogens (primary N) is 1. The lowest BCUT2D eigenvalue weighted by molar-refractivity contribution is -0.133. The quantitative estimate of drug-likeness (QED) is 0.866. The number of anilines is 1. The maximum Gasteiger partial charge on any atom is 0.239 e. The van der Waals surface area contributed by atoms with Crippen molar-refractivity contribution < 1.29 is 4.79 Å². The minimum absolute atomic E-state index is 0.00945. The van der Waals surface area contributed by atoms with Gasteiger partial charge in [0.05, 0.1) is 6.04 Å². The summed E-state index contributed by atoms with van der Waals surface area (Å²) in [5, 5.41) is 0. The summed E-state index contributed by atoms with van der Waals surface area (Å²) < 4.78 is 0.984. The van der Waals surface area contributed by atoms with Crippen LogP contribution in [0.5, 0.6) is 0 Å². The number of hydrogen-bond donors (Lipinski definition) is 1. The van der Waals surface area contributed by atoms with Crippen molar-refractivity contribution in [2.75, 3.05) is 26.4 Å². The van der Waals surface area contributed by atoms with E-state index in [1.165, 1.54) is 0 Å². The molecule has 1 amide bonds. The molecule has 1 heterocycles. The Kier molecular flexibility index (Phi) is 4.47. The lowest BCUT2D eigenvalue weighted by Crippen LogP contribution is -2.42. The highest BCUT2D eigenvalue weighted by Crippen LogP contribution is 2.24. The Labute approximate surface area is 122 Å². The van der Waals surface area contributed by atoms with Crippen molar-refractivity contribution in [2.24, 2.45) is 0 Å². The van der Waals surface area contributed by atoms with E-state index in [9.17, 15) is 4.79 Å². The van der Waals surface area contributed by atoms with Crippen LogP contribution >= 0.6 is 15.9 Å². The summed E-state index contributed by atoms with van der Waals surface area (Å²) in [6.45, 7) is 1.74. The van der Waals surface area contributed by atoms with Gasteiger partial charge in [-0.05, 0) is 43.1 Å². The molecule has 5 heteroatoms. The Bertz CT molecular complexity index is 456. The molecule has 0 spiro atoms. The van der Waals surface area contributed by atoms with Crippen LogP contribution < -0.4 is 5.73 Å². The maximum atomic E-state index is 12.1. The molecule has 1 fully saturated rings. The lowest BCUT2D eigenvalue weighted by Gasteiger charge is -2.26. The molecule has 104 valence electrons. The van der Waals surface area contributed by atoms with Crippen molar-refractivity contribution in [1.82, 2.24) is 9.80 Å². The van der Waals surface area contributed by atoms with Crippen LogP contribution in [0.2, 0.25) is 0 Å². The van der Waals surface area contributed by atoms with E-state index in [0.717, 1.165) is 41.7 Å². The van der Waals surface area contributed by atoms with E-state index in [2.05, 4.69) is 26.9 Å². The second-order valence-corrected chi connectivity index (χ2v) is 6.17. The molecule has 1 saturated heterocycles. The first-order chi connectivity index (χ1) is 8.97. The van der Waals surface area contributed by atoms with E-state index >= 15 is 0 Å². The second-order valence-electron chi connectivity index (χ2n) is 5.25. The Morgan fingerprint density at radius 2 is 2.21 bits per heavy atom. The fraction of sp³-hybridized carbons (Fsp3) is 0.500. The van der Waals surface area contributed by atoms with Crippen LogP contribution in [0.3, 0.4) is 0 Å². The third kappa shape index (κ3) is 3.48. The Balaban J connectivity index is 2.11. The Hall–Kier alpha value is -1.07. The zero-order valence-electron chi connectivity index (χ0n) is 11.4. The standard InChI is InChI=1S/C14H20BrN3O/c1-17(2)14(19)13-4-3-5-18(13)9-10-6-11(15)8-12(16)7-10/h6-8,13H,3-5,9,16H2,1-2H3. The first-order valence-corrected chi connectivity index (χ1v) is 7.27. The fourth-order valence-corrected chi connectivity index (χ4v) is 3.15. The molecule has 1 unspecified atom stereocenters. The van der Waals surface area contributed by atoms with Gasteiger partial charge in [0, 0.05) is 30.8 Å². The predicted octanol–water partition coefficient (Wildman–Crippen LogP) is 2.08. The molecule has 1 aliphatic heterocycles. The minimum atomic E-state index is 0.00945.